The molecule has 0 aromatic rings. The Hall–Kier alpha value is -0.830. The molecular weight excluding hydrogens is 297 g/mol. The quantitative estimate of drug-likeness (QED) is 0.805. The molecule has 118 valence electrons. The number of rotatable bonds is 5. The predicted octanol–water partition coefficient (Wildman–Crippen LogP) is 0.564. The third-order valence-corrected chi connectivity index (χ3v) is 4.67. The molecule has 1 aliphatic rings. The van der Waals surface area contributed by atoms with Crippen molar-refractivity contribution in [1.82, 2.24) is 10.2 Å². The highest BCUT2D eigenvalue weighted by Gasteiger charge is 2.34. The minimum atomic E-state index is -4.45. The molecule has 9 heteroatoms. The van der Waals surface area contributed by atoms with Crippen LogP contribution in [0.15, 0.2) is 0 Å². The largest absolute Gasteiger partial charge is 0.406 e. The third kappa shape index (κ3) is 6.08. The Morgan fingerprint density at radius 1 is 1.40 bits per heavy atom. The Morgan fingerprint density at radius 2 is 2.05 bits per heavy atom. The summed E-state index contributed by atoms with van der Waals surface area (Å²) < 4.78 is 60.0. The maximum absolute atomic E-state index is 12.4. The van der Waals surface area contributed by atoms with Crippen molar-refractivity contribution in [2.45, 2.75) is 32.0 Å². The van der Waals surface area contributed by atoms with Crippen molar-refractivity contribution < 1.29 is 26.4 Å². The van der Waals surface area contributed by atoms with Gasteiger partial charge in [-0.3, -0.25) is 4.79 Å². The fourth-order valence-electron chi connectivity index (χ4n) is 2.12. The minimum Gasteiger partial charge on any atom is -0.334 e. The fourth-order valence-corrected chi connectivity index (χ4v) is 3.56. The average Bonchev–Trinajstić information content (AvgIpc) is 2.25. The predicted molar refractivity (Wildman–Crippen MR) is 68.0 cm³/mol. The lowest BCUT2D eigenvalue weighted by molar-refractivity contribution is -0.161. The van der Waals surface area contributed by atoms with E-state index < -0.39 is 34.5 Å². The van der Waals surface area contributed by atoms with Gasteiger partial charge in [0.2, 0.25) is 5.91 Å². The zero-order valence-electron chi connectivity index (χ0n) is 11.2. The number of nitrogens with zero attached hydrogens (tertiary/aromatic N) is 1. The zero-order chi connectivity index (χ0) is 15.4. The first-order chi connectivity index (χ1) is 9.13. The molecule has 1 saturated heterocycles. The molecule has 1 amide bonds. The van der Waals surface area contributed by atoms with E-state index in [4.69, 9.17) is 0 Å². The number of amides is 1. The standard InChI is InChI=1S/C11H19F3N2O3S/c1-2-4-16(8-11(12,13)14)10(17)6-9-7-20(18,19)5-3-15-9/h9,15H,2-8H2,1H3. The van der Waals surface area contributed by atoms with Crippen molar-refractivity contribution in [3.8, 4) is 0 Å². The Morgan fingerprint density at radius 3 is 2.55 bits per heavy atom. The van der Waals surface area contributed by atoms with Gasteiger partial charge in [0, 0.05) is 25.6 Å². The summed E-state index contributed by atoms with van der Waals surface area (Å²) in [7, 11) is -3.21. The number of carbonyl (C=O) groups excluding carboxylic acids is 1. The molecule has 0 spiro atoms. The molecule has 0 aromatic heterocycles. The molecular formula is C11H19F3N2O3S. The normalized spacial score (nSPS) is 22.5. The second kappa shape index (κ2) is 6.75. The number of hydrogen-bond donors (Lipinski definition) is 1. The molecule has 0 aromatic carbocycles. The summed E-state index contributed by atoms with van der Waals surface area (Å²) in [4.78, 5) is 12.6. The van der Waals surface area contributed by atoms with Gasteiger partial charge in [0.25, 0.3) is 0 Å². The van der Waals surface area contributed by atoms with Crippen LogP contribution < -0.4 is 5.32 Å². The Labute approximate surface area is 116 Å². The van der Waals surface area contributed by atoms with Crippen molar-refractivity contribution in [1.29, 1.82) is 0 Å². The van der Waals surface area contributed by atoms with Crippen molar-refractivity contribution in [3.63, 3.8) is 0 Å². The van der Waals surface area contributed by atoms with Crippen LogP contribution in [0.4, 0.5) is 13.2 Å². The van der Waals surface area contributed by atoms with E-state index in [1.165, 1.54) is 0 Å². The summed E-state index contributed by atoms with van der Waals surface area (Å²) >= 11 is 0. The maximum atomic E-state index is 12.4. The highest BCUT2D eigenvalue weighted by atomic mass is 32.2. The van der Waals surface area contributed by atoms with Crippen LogP contribution in [-0.2, 0) is 14.6 Å². The van der Waals surface area contributed by atoms with Gasteiger partial charge in [-0.15, -0.1) is 0 Å². The molecule has 0 bridgehead atoms. The van der Waals surface area contributed by atoms with Gasteiger partial charge in [0.15, 0.2) is 9.84 Å². The molecule has 1 aliphatic heterocycles. The summed E-state index contributed by atoms with van der Waals surface area (Å²) in [6, 6.07) is -0.603. The topological polar surface area (TPSA) is 66.5 Å². The molecule has 1 heterocycles. The van der Waals surface area contributed by atoms with Crippen LogP contribution in [-0.4, -0.2) is 62.6 Å². The molecule has 1 atom stereocenters. The first kappa shape index (κ1) is 17.2. The Balaban J connectivity index is 2.61. The second-order valence-corrected chi connectivity index (χ2v) is 7.13. The van der Waals surface area contributed by atoms with Gasteiger partial charge in [-0.05, 0) is 6.42 Å². The van der Waals surface area contributed by atoms with E-state index in [-0.39, 0.29) is 31.0 Å². The number of alkyl halides is 3. The van der Waals surface area contributed by atoms with Gasteiger partial charge in [-0.2, -0.15) is 13.2 Å². The van der Waals surface area contributed by atoms with E-state index in [1.807, 2.05) is 0 Å². The van der Waals surface area contributed by atoms with Crippen LogP contribution in [0.3, 0.4) is 0 Å². The molecule has 1 rings (SSSR count). The van der Waals surface area contributed by atoms with E-state index in [0.717, 1.165) is 4.90 Å². The molecule has 0 radical (unpaired) electrons. The summed E-state index contributed by atoms with van der Waals surface area (Å²) in [5, 5.41) is 2.86. The van der Waals surface area contributed by atoms with Crippen LogP contribution in [0.25, 0.3) is 0 Å². The molecule has 20 heavy (non-hydrogen) atoms. The third-order valence-electron chi connectivity index (χ3n) is 2.94. The van der Waals surface area contributed by atoms with Gasteiger partial charge < -0.3 is 10.2 Å². The molecule has 0 saturated carbocycles. The number of hydrogen-bond acceptors (Lipinski definition) is 4. The lowest BCUT2D eigenvalue weighted by atomic mass is 10.2. The first-order valence-corrected chi connectivity index (χ1v) is 8.23. The van der Waals surface area contributed by atoms with Gasteiger partial charge in [0.1, 0.15) is 6.54 Å². The van der Waals surface area contributed by atoms with Crippen LogP contribution >= 0.6 is 0 Å². The van der Waals surface area contributed by atoms with Crippen molar-refractivity contribution in [2.75, 3.05) is 31.1 Å². The Kier molecular flexibility index (Phi) is 5.81. The number of sulfone groups is 1. The van der Waals surface area contributed by atoms with Gasteiger partial charge in [0.05, 0.1) is 11.5 Å². The monoisotopic (exact) mass is 316 g/mol. The molecule has 1 unspecified atom stereocenters. The van der Waals surface area contributed by atoms with Gasteiger partial charge in [-0.25, -0.2) is 8.42 Å². The van der Waals surface area contributed by atoms with E-state index in [1.54, 1.807) is 6.92 Å². The van der Waals surface area contributed by atoms with E-state index in [2.05, 4.69) is 5.32 Å². The number of halogens is 3. The SMILES string of the molecule is CCCN(CC(F)(F)F)C(=O)CC1CS(=O)(=O)CCN1. The average molecular weight is 316 g/mol. The van der Waals surface area contributed by atoms with E-state index in [9.17, 15) is 26.4 Å². The van der Waals surface area contributed by atoms with Crippen molar-refractivity contribution >= 4 is 15.7 Å². The molecule has 5 nitrogen and oxygen atoms in total. The highest BCUT2D eigenvalue weighted by molar-refractivity contribution is 7.91. The van der Waals surface area contributed by atoms with Gasteiger partial charge in [-0.1, -0.05) is 6.92 Å². The van der Waals surface area contributed by atoms with E-state index in [0.29, 0.717) is 6.42 Å². The Bertz CT molecular complexity index is 437. The van der Waals surface area contributed by atoms with Crippen molar-refractivity contribution in [3.05, 3.63) is 0 Å². The fraction of sp³-hybridized carbons (Fsp3) is 0.909. The maximum Gasteiger partial charge on any atom is 0.406 e. The summed E-state index contributed by atoms with van der Waals surface area (Å²) in [6.45, 7) is 0.629. The second-order valence-electron chi connectivity index (χ2n) is 4.90. The lowest BCUT2D eigenvalue weighted by Gasteiger charge is -2.28. The summed E-state index contributed by atoms with van der Waals surface area (Å²) in [5.74, 6) is -0.873. The molecule has 0 aliphatic carbocycles. The molecule has 1 fully saturated rings. The van der Waals surface area contributed by atoms with Gasteiger partial charge >= 0.3 is 6.18 Å². The van der Waals surface area contributed by atoms with Crippen LogP contribution in [0.2, 0.25) is 0 Å². The summed E-state index contributed by atoms with van der Waals surface area (Å²) in [5.41, 5.74) is 0. The number of nitrogens with one attached hydrogen (secondary N) is 1. The van der Waals surface area contributed by atoms with Crippen LogP contribution in [0.5, 0.6) is 0 Å². The molecule has 1 N–H and O–H groups in total. The van der Waals surface area contributed by atoms with Crippen LogP contribution in [0.1, 0.15) is 19.8 Å². The lowest BCUT2D eigenvalue weighted by Crippen LogP contribution is -2.49. The zero-order valence-corrected chi connectivity index (χ0v) is 12.1. The first-order valence-electron chi connectivity index (χ1n) is 6.41. The minimum absolute atomic E-state index is 0.00108. The highest BCUT2D eigenvalue weighted by Crippen LogP contribution is 2.18. The summed E-state index contributed by atoms with van der Waals surface area (Å²) in [6.07, 6.45) is -4.26. The number of carbonyl (C=O) groups is 1. The van der Waals surface area contributed by atoms with Crippen molar-refractivity contribution in [2.24, 2.45) is 0 Å². The van der Waals surface area contributed by atoms with E-state index >= 15 is 0 Å². The van der Waals surface area contributed by atoms with Crippen LogP contribution in [0, 0.1) is 0 Å². The smallest absolute Gasteiger partial charge is 0.334 e.